The molecule has 0 aliphatic carbocycles. The molecule has 0 saturated carbocycles. The molecule has 1 atom stereocenters. The SMILES string of the molecule is C=C(C)C(=O)OC(CCCCC)CCOP(=O)(O)O. The van der Waals surface area contributed by atoms with Crippen LogP contribution in [-0.2, 0) is 18.6 Å². The number of carbonyl (C=O) groups excluding carboxylic acids is 1. The third-order valence-corrected chi connectivity index (χ3v) is 2.97. The molecular weight excluding hydrogens is 271 g/mol. The molecule has 0 aliphatic rings. The first-order chi connectivity index (χ1) is 8.76. The van der Waals surface area contributed by atoms with Crippen LogP contribution in [0, 0.1) is 0 Å². The van der Waals surface area contributed by atoms with Crippen LogP contribution >= 0.6 is 7.82 Å². The van der Waals surface area contributed by atoms with Crippen molar-refractivity contribution in [3.63, 3.8) is 0 Å². The van der Waals surface area contributed by atoms with Gasteiger partial charge >= 0.3 is 13.8 Å². The summed E-state index contributed by atoms with van der Waals surface area (Å²) in [6, 6.07) is 0. The number of hydrogen-bond acceptors (Lipinski definition) is 4. The molecule has 0 aliphatic heterocycles. The quantitative estimate of drug-likeness (QED) is 0.278. The summed E-state index contributed by atoms with van der Waals surface area (Å²) < 4.78 is 20.1. The van der Waals surface area contributed by atoms with Gasteiger partial charge in [0.2, 0.25) is 0 Å². The lowest BCUT2D eigenvalue weighted by Crippen LogP contribution is -2.20. The molecule has 0 amide bonds. The second kappa shape index (κ2) is 9.26. The standard InChI is InChI=1S/C12H23O6P/c1-4-5-6-7-11(18-12(13)10(2)3)8-9-17-19(14,15)16/h11H,2,4-9H2,1,3H3,(H2,14,15,16). The highest BCUT2D eigenvalue weighted by molar-refractivity contribution is 7.46. The van der Waals surface area contributed by atoms with Gasteiger partial charge in [-0.15, -0.1) is 0 Å². The minimum Gasteiger partial charge on any atom is -0.459 e. The summed E-state index contributed by atoms with van der Waals surface area (Å²) in [5.41, 5.74) is 0.302. The van der Waals surface area contributed by atoms with E-state index in [0.29, 0.717) is 12.0 Å². The molecule has 0 bridgehead atoms. The van der Waals surface area contributed by atoms with Crippen LogP contribution in [0.2, 0.25) is 0 Å². The first-order valence-corrected chi connectivity index (χ1v) is 7.86. The molecule has 0 radical (unpaired) electrons. The minimum absolute atomic E-state index is 0.148. The molecule has 7 heteroatoms. The summed E-state index contributed by atoms with van der Waals surface area (Å²) in [5.74, 6) is -0.488. The van der Waals surface area contributed by atoms with Gasteiger partial charge in [0.25, 0.3) is 0 Å². The Morgan fingerprint density at radius 1 is 1.32 bits per heavy atom. The van der Waals surface area contributed by atoms with Crippen LogP contribution in [-0.4, -0.2) is 28.5 Å². The Hall–Kier alpha value is -0.680. The summed E-state index contributed by atoms with van der Waals surface area (Å²) in [5, 5.41) is 0. The van der Waals surface area contributed by atoms with Gasteiger partial charge in [0.1, 0.15) is 6.10 Å². The molecule has 0 heterocycles. The average Bonchev–Trinajstić information content (AvgIpc) is 2.27. The fourth-order valence-electron chi connectivity index (χ4n) is 1.44. The van der Waals surface area contributed by atoms with E-state index in [1.165, 1.54) is 0 Å². The van der Waals surface area contributed by atoms with Crippen LogP contribution in [0.15, 0.2) is 12.2 Å². The van der Waals surface area contributed by atoms with Gasteiger partial charge in [-0.1, -0.05) is 26.3 Å². The molecule has 6 nitrogen and oxygen atoms in total. The molecule has 112 valence electrons. The highest BCUT2D eigenvalue weighted by atomic mass is 31.2. The smallest absolute Gasteiger partial charge is 0.459 e. The van der Waals surface area contributed by atoms with E-state index >= 15 is 0 Å². The number of carbonyl (C=O) groups is 1. The Bertz CT molecular complexity index is 335. The number of hydrogen-bond donors (Lipinski definition) is 2. The predicted octanol–water partition coefficient (Wildman–Crippen LogP) is 2.55. The third-order valence-electron chi connectivity index (χ3n) is 2.45. The molecule has 0 fully saturated rings. The van der Waals surface area contributed by atoms with Gasteiger partial charge in [-0.25, -0.2) is 9.36 Å². The first kappa shape index (κ1) is 18.3. The molecule has 0 rings (SSSR count). The van der Waals surface area contributed by atoms with Crippen molar-refractivity contribution in [3.05, 3.63) is 12.2 Å². The second-order valence-corrected chi connectivity index (χ2v) is 5.66. The van der Waals surface area contributed by atoms with E-state index in [0.717, 1.165) is 19.3 Å². The van der Waals surface area contributed by atoms with Crippen molar-refractivity contribution in [1.82, 2.24) is 0 Å². The summed E-state index contributed by atoms with van der Waals surface area (Å²) in [6.07, 6.45) is 3.45. The van der Waals surface area contributed by atoms with Crippen molar-refractivity contribution in [2.24, 2.45) is 0 Å². The molecule has 0 aromatic rings. The van der Waals surface area contributed by atoms with Crippen molar-refractivity contribution in [2.45, 2.75) is 52.1 Å². The molecule has 0 aromatic carbocycles. The summed E-state index contributed by atoms with van der Waals surface area (Å²) in [6.45, 7) is 6.96. The maximum absolute atomic E-state index is 11.4. The Kier molecular flexibility index (Phi) is 8.93. The predicted molar refractivity (Wildman–Crippen MR) is 71.4 cm³/mol. The highest BCUT2D eigenvalue weighted by Gasteiger charge is 2.18. The largest absolute Gasteiger partial charge is 0.469 e. The zero-order valence-electron chi connectivity index (χ0n) is 11.5. The zero-order chi connectivity index (χ0) is 14.9. The Morgan fingerprint density at radius 3 is 2.42 bits per heavy atom. The molecule has 0 aromatic heterocycles. The van der Waals surface area contributed by atoms with Crippen LogP contribution < -0.4 is 0 Å². The van der Waals surface area contributed by atoms with Crippen molar-refractivity contribution < 1.29 is 28.4 Å². The summed E-state index contributed by atoms with van der Waals surface area (Å²) in [7, 11) is -4.46. The van der Waals surface area contributed by atoms with Crippen LogP contribution in [0.5, 0.6) is 0 Å². The maximum atomic E-state index is 11.4. The van der Waals surface area contributed by atoms with Crippen LogP contribution in [0.4, 0.5) is 0 Å². The highest BCUT2D eigenvalue weighted by Crippen LogP contribution is 2.36. The zero-order valence-corrected chi connectivity index (χ0v) is 12.4. The monoisotopic (exact) mass is 294 g/mol. The normalized spacial score (nSPS) is 13.1. The van der Waals surface area contributed by atoms with E-state index < -0.39 is 19.9 Å². The van der Waals surface area contributed by atoms with Gasteiger partial charge in [-0.05, 0) is 19.8 Å². The molecule has 1 unspecified atom stereocenters. The average molecular weight is 294 g/mol. The first-order valence-electron chi connectivity index (χ1n) is 6.32. The Morgan fingerprint density at radius 2 is 1.95 bits per heavy atom. The van der Waals surface area contributed by atoms with E-state index in [9.17, 15) is 9.36 Å². The molecule has 0 saturated heterocycles. The van der Waals surface area contributed by atoms with Gasteiger partial charge in [0, 0.05) is 12.0 Å². The number of phosphoric ester groups is 1. The summed E-state index contributed by atoms with van der Waals surface area (Å²) in [4.78, 5) is 28.6. The van der Waals surface area contributed by atoms with Crippen LogP contribution in [0.3, 0.4) is 0 Å². The lowest BCUT2D eigenvalue weighted by atomic mass is 10.1. The number of unbranched alkanes of at least 4 members (excludes halogenated alkanes) is 2. The fraction of sp³-hybridized carbons (Fsp3) is 0.750. The number of esters is 1. The molecule has 2 N–H and O–H groups in total. The lowest BCUT2D eigenvalue weighted by Gasteiger charge is -2.18. The van der Waals surface area contributed by atoms with Crippen molar-refractivity contribution in [3.8, 4) is 0 Å². The second-order valence-electron chi connectivity index (χ2n) is 4.42. The topological polar surface area (TPSA) is 93.1 Å². The van der Waals surface area contributed by atoms with Gasteiger partial charge < -0.3 is 14.5 Å². The van der Waals surface area contributed by atoms with Gasteiger partial charge in [-0.3, -0.25) is 4.52 Å². The minimum atomic E-state index is -4.46. The van der Waals surface area contributed by atoms with E-state index in [2.05, 4.69) is 18.0 Å². The van der Waals surface area contributed by atoms with E-state index in [-0.39, 0.29) is 13.0 Å². The van der Waals surface area contributed by atoms with Gasteiger partial charge in [0.15, 0.2) is 0 Å². The van der Waals surface area contributed by atoms with Crippen molar-refractivity contribution >= 4 is 13.8 Å². The van der Waals surface area contributed by atoms with E-state index in [1.807, 2.05) is 0 Å². The maximum Gasteiger partial charge on any atom is 0.469 e. The van der Waals surface area contributed by atoms with Gasteiger partial charge in [0.05, 0.1) is 6.61 Å². The van der Waals surface area contributed by atoms with Crippen LogP contribution in [0.1, 0.15) is 46.0 Å². The Balaban J connectivity index is 4.21. The molecule has 19 heavy (non-hydrogen) atoms. The van der Waals surface area contributed by atoms with Crippen LogP contribution in [0.25, 0.3) is 0 Å². The molecular formula is C12H23O6P. The number of rotatable bonds is 10. The third kappa shape index (κ3) is 10.9. The van der Waals surface area contributed by atoms with E-state index in [1.54, 1.807) is 6.92 Å². The van der Waals surface area contributed by atoms with E-state index in [4.69, 9.17) is 14.5 Å². The van der Waals surface area contributed by atoms with Crippen molar-refractivity contribution in [2.75, 3.05) is 6.61 Å². The number of phosphoric acid groups is 1. The molecule has 0 spiro atoms. The number of ether oxygens (including phenoxy) is 1. The fourth-order valence-corrected chi connectivity index (χ4v) is 1.78. The summed E-state index contributed by atoms with van der Waals surface area (Å²) >= 11 is 0. The lowest BCUT2D eigenvalue weighted by molar-refractivity contribution is -0.145. The Labute approximate surface area is 114 Å². The van der Waals surface area contributed by atoms with Gasteiger partial charge in [-0.2, -0.15) is 0 Å². The van der Waals surface area contributed by atoms with Crippen molar-refractivity contribution in [1.29, 1.82) is 0 Å².